The van der Waals surface area contributed by atoms with Crippen molar-refractivity contribution < 1.29 is 14.2 Å². The van der Waals surface area contributed by atoms with Crippen molar-refractivity contribution in [2.45, 2.75) is 0 Å². The molecule has 8 heteroatoms. The van der Waals surface area contributed by atoms with Crippen molar-refractivity contribution in [1.29, 1.82) is 0 Å². The minimum atomic E-state index is -1.02. The fraction of sp³-hybridized carbons (Fsp3) is 0. The maximum absolute atomic E-state index is 10.9. The summed E-state index contributed by atoms with van der Waals surface area (Å²) in [5, 5.41) is 3.18. The largest absolute Gasteiger partial charge is 0.441 e. The van der Waals surface area contributed by atoms with Crippen LogP contribution in [0.4, 0.5) is 15.3 Å². The number of nitrogens with two attached hydrogens (primary N) is 2. The summed E-state index contributed by atoms with van der Waals surface area (Å²) < 4.78 is 0.492. The van der Waals surface area contributed by atoms with E-state index < -0.39 is 12.1 Å². The highest BCUT2D eigenvalue weighted by atomic mass is 35.5. The first-order valence-electron chi connectivity index (χ1n) is 4.70. The lowest BCUT2D eigenvalue weighted by atomic mass is 10.3. The predicted octanol–water partition coefficient (Wildman–Crippen LogP) is 1.32. The van der Waals surface area contributed by atoms with Crippen molar-refractivity contribution in [2.75, 3.05) is 5.32 Å². The predicted molar refractivity (Wildman–Crippen MR) is 73.2 cm³/mol. The summed E-state index contributed by atoms with van der Waals surface area (Å²) in [5.41, 5.74) is 10.4. The number of urea groups is 2. The topological polar surface area (TPSA) is 101 Å². The molecule has 0 aliphatic heterocycles. The van der Waals surface area contributed by atoms with Crippen LogP contribution in [0.3, 0.4) is 0 Å². The summed E-state index contributed by atoms with van der Waals surface area (Å²) in [7, 11) is 0. The first-order valence-corrected chi connectivity index (χ1v) is 5.49. The first-order chi connectivity index (χ1) is 8.41. The number of imide groups is 1. The van der Waals surface area contributed by atoms with Crippen LogP contribution in [-0.4, -0.2) is 27.8 Å². The Labute approximate surface area is 113 Å². The van der Waals surface area contributed by atoms with Gasteiger partial charge in [0.05, 0.1) is 10.7 Å². The van der Waals surface area contributed by atoms with Crippen LogP contribution in [0.25, 0.3) is 0 Å². The van der Waals surface area contributed by atoms with E-state index in [1.54, 1.807) is 24.3 Å². The third-order valence-corrected chi connectivity index (χ3v) is 2.39. The number of carbonyl (C=O) groups excluding carboxylic acids is 2. The summed E-state index contributed by atoms with van der Waals surface area (Å²) in [6.45, 7) is 0. The van der Waals surface area contributed by atoms with Crippen LogP contribution in [0.2, 0.25) is 5.02 Å². The Balaban J connectivity index is 2.90. The highest BCUT2D eigenvalue weighted by Gasteiger charge is 2.15. The van der Waals surface area contributed by atoms with E-state index in [2.05, 4.69) is 5.32 Å². The number of primary amides is 2. The molecule has 0 heterocycles. The molecule has 0 bridgehead atoms. The van der Waals surface area contributed by atoms with Crippen LogP contribution in [0.1, 0.15) is 0 Å². The third kappa shape index (κ3) is 3.79. The van der Waals surface area contributed by atoms with Gasteiger partial charge in [-0.1, -0.05) is 36.0 Å². The third-order valence-electron chi connectivity index (χ3n) is 1.85. The van der Waals surface area contributed by atoms with Crippen LogP contribution >= 0.6 is 23.8 Å². The van der Waals surface area contributed by atoms with Gasteiger partial charge in [-0.2, -0.15) is 0 Å². The fourth-order valence-electron chi connectivity index (χ4n) is 1.08. The number of para-hydroxylation sites is 1. The summed E-state index contributed by atoms with van der Waals surface area (Å²) in [4.78, 5) is 21.9. The molecule has 0 aliphatic rings. The minimum Gasteiger partial charge on any atom is -0.343 e. The molecule has 0 aliphatic carbocycles. The second-order valence-electron chi connectivity index (χ2n) is 3.14. The Morgan fingerprint density at radius 2 is 1.83 bits per heavy atom. The van der Waals surface area contributed by atoms with Gasteiger partial charge in [0.1, 0.15) is 11.2 Å². The normalized spacial score (nSPS) is 9.39. The van der Waals surface area contributed by atoms with E-state index in [-0.39, 0.29) is 4.99 Å². The van der Waals surface area contributed by atoms with E-state index in [9.17, 15) is 9.59 Å². The molecule has 4 amide bonds. The molecule has 6 nitrogen and oxygen atoms in total. The van der Waals surface area contributed by atoms with E-state index in [0.717, 1.165) is 6.21 Å². The highest BCUT2D eigenvalue weighted by molar-refractivity contribution is 7.82. The molecule has 0 fully saturated rings. The minimum absolute atomic E-state index is 0.0701. The van der Waals surface area contributed by atoms with E-state index in [1.165, 1.54) is 0 Å². The maximum Gasteiger partial charge on any atom is 0.441 e. The number of hydrogen-bond donors (Lipinski definition) is 3. The molecule has 1 rings (SSSR count). The summed E-state index contributed by atoms with van der Waals surface area (Å²) in [5.74, 6) is 0. The summed E-state index contributed by atoms with van der Waals surface area (Å²) in [6.07, 6.45) is 1.02. The lowest BCUT2D eigenvalue weighted by Gasteiger charge is -2.06. The fourth-order valence-corrected chi connectivity index (χ4v) is 1.48. The number of benzene rings is 1. The average molecular weight is 286 g/mol. The number of halogens is 1. The zero-order valence-corrected chi connectivity index (χ0v) is 10.7. The second-order valence-corrected chi connectivity index (χ2v) is 3.99. The van der Waals surface area contributed by atoms with Crippen LogP contribution < -0.4 is 16.8 Å². The van der Waals surface area contributed by atoms with Crippen LogP contribution in [0, 0.1) is 0 Å². The zero-order valence-electron chi connectivity index (χ0n) is 9.09. The molecule has 5 N–H and O–H groups in total. The van der Waals surface area contributed by atoms with Crippen molar-refractivity contribution in [3.05, 3.63) is 29.3 Å². The quantitative estimate of drug-likeness (QED) is 0.433. The number of thiocarbonyl (C=S) groups is 1. The Hall–Kier alpha value is -1.99. The molecular formula is C10H10ClN4O2S+. The second kappa shape index (κ2) is 6.08. The maximum atomic E-state index is 10.9. The molecule has 0 saturated carbocycles. The van der Waals surface area contributed by atoms with Gasteiger partial charge in [-0.05, 0) is 12.1 Å². The van der Waals surface area contributed by atoms with Crippen LogP contribution in [-0.2, 0) is 0 Å². The SMILES string of the molecule is NC(=O)[N+](=CC(=S)Nc1ccccc1Cl)C(N)=O. The van der Waals surface area contributed by atoms with Gasteiger partial charge in [-0.25, -0.2) is 9.59 Å². The van der Waals surface area contributed by atoms with Crippen molar-refractivity contribution in [1.82, 2.24) is 0 Å². The van der Waals surface area contributed by atoms with Crippen LogP contribution in [0.5, 0.6) is 0 Å². The van der Waals surface area contributed by atoms with Gasteiger partial charge in [0, 0.05) is 0 Å². The molecule has 0 aromatic heterocycles. The number of nitrogens with one attached hydrogen (secondary N) is 1. The standard InChI is InChI=1S/C10H9ClN4O2S/c11-6-3-1-2-4-7(6)14-8(18)5-15(9(12)16)10(13)17/h1-5H,(H4-,12,13,14,16,17,18)/p+1. The highest BCUT2D eigenvalue weighted by Crippen LogP contribution is 2.20. The van der Waals surface area contributed by atoms with E-state index in [0.29, 0.717) is 15.3 Å². The molecule has 18 heavy (non-hydrogen) atoms. The Morgan fingerprint density at radius 3 is 2.33 bits per heavy atom. The van der Waals surface area contributed by atoms with Crippen molar-refractivity contribution >= 4 is 52.8 Å². The lowest BCUT2D eigenvalue weighted by molar-refractivity contribution is -0.311. The molecule has 0 saturated heterocycles. The number of hydrogen-bond acceptors (Lipinski definition) is 3. The van der Waals surface area contributed by atoms with E-state index >= 15 is 0 Å². The molecule has 94 valence electrons. The molecule has 0 spiro atoms. The van der Waals surface area contributed by atoms with Crippen molar-refractivity contribution in [2.24, 2.45) is 11.5 Å². The van der Waals surface area contributed by atoms with Gasteiger partial charge in [0.2, 0.25) is 0 Å². The van der Waals surface area contributed by atoms with Crippen LogP contribution in [0.15, 0.2) is 24.3 Å². The molecule has 0 radical (unpaired) electrons. The Bertz CT molecular complexity index is 528. The van der Waals surface area contributed by atoms with E-state index in [4.69, 9.17) is 35.3 Å². The molecule has 0 unspecified atom stereocenters. The first kappa shape index (κ1) is 14.1. The molecule has 0 atom stereocenters. The number of nitrogens with zero attached hydrogens (tertiary/aromatic N) is 1. The van der Waals surface area contributed by atoms with Gasteiger partial charge >= 0.3 is 12.1 Å². The monoisotopic (exact) mass is 285 g/mol. The number of anilines is 1. The number of carbonyl (C=O) groups is 2. The van der Waals surface area contributed by atoms with Gasteiger partial charge in [-0.15, -0.1) is 4.58 Å². The molecule has 1 aromatic carbocycles. The zero-order chi connectivity index (χ0) is 13.7. The smallest absolute Gasteiger partial charge is 0.343 e. The lowest BCUT2D eigenvalue weighted by Crippen LogP contribution is -2.39. The summed E-state index contributed by atoms with van der Waals surface area (Å²) >= 11 is 10.8. The Morgan fingerprint density at radius 1 is 1.28 bits per heavy atom. The van der Waals surface area contributed by atoms with E-state index in [1.807, 2.05) is 0 Å². The van der Waals surface area contributed by atoms with Gasteiger partial charge in [-0.3, -0.25) is 11.5 Å². The molecule has 1 aromatic rings. The number of rotatable bonds is 2. The Kier molecular flexibility index (Phi) is 4.75. The summed E-state index contributed by atoms with van der Waals surface area (Å²) in [6, 6.07) is 4.79. The van der Waals surface area contributed by atoms with Crippen molar-refractivity contribution in [3.63, 3.8) is 0 Å². The average Bonchev–Trinajstić information content (AvgIpc) is 2.28. The van der Waals surface area contributed by atoms with Gasteiger partial charge in [0.15, 0.2) is 0 Å². The number of amides is 4. The van der Waals surface area contributed by atoms with Gasteiger partial charge < -0.3 is 5.32 Å². The molecular weight excluding hydrogens is 276 g/mol. The van der Waals surface area contributed by atoms with Crippen molar-refractivity contribution in [3.8, 4) is 0 Å². The van der Waals surface area contributed by atoms with Gasteiger partial charge in [0.25, 0.3) is 0 Å².